The normalized spacial score (nSPS) is 15.9. The fraction of sp³-hybridized carbons (Fsp3) is 0.333. The van der Waals surface area contributed by atoms with Crippen LogP contribution in [0.2, 0.25) is 0 Å². The Labute approximate surface area is 153 Å². The predicted molar refractivity (Wildman–Crippen MR) is 96.5 cm³/mol. The van der Waals surface area contributed by atoms with E-state index < -0.39 is 6.55 Å². The van der Waals surface area contributed by atoms with Crippen LogP contribution in [-0.4, -0.2) is 51.4 Å². The lowest BCUT2D eigenvalue weighted by molar-refractivity contribution is 0.0577. The number of halogens is 2. The third-order valence-electron chi connectivity index (χ3n) is 4.62. The maximum absolute atomic E-state index is 13.5. The Bertz CT molecular complexity index is 901. The molecular formula is C18H18F2N4OS. The standard InChI is InChI=1S/C18H18F2N4OS/c19-18(20)24-14-5-2-1-4-13(14)21-16(24)12-22-7-9-23(10-8-22)17(25)15-6-3-11-26-15/h1-6,11,18H,7-10,12H2. The monoisotopic (exact) mass is 376 g/mol. The van der Waals surface area contributed by atoms with Crippen LogP contribution in [0.3, 0.4) is 0 Å². The topological polar surface area (TPSA) is 41.4 Å². The van der Waals surface area contributed by atoms with Crippen LogP contribution >= 0.6 is 11.3 Å². The minimum absolute atomic E-state index is 0.0412. The van der Waals surface area contributed by atoms with Crippen LogP contribution < -0.4 is 0 Å². The number of fused-ring (bicyclic) bond motifs is 1. The molecule has 8 heteroatoms. The Kier molecular flexibility index (Phi) is 4.69. The molecule has 0 atom stereocenters. The minimum Gasteiger partial charge on any atom is -0.335 e. The van der Waals surface area contributed by atoms with Gasteiger partial charge in [0, 0.05) is 26.2 Å². The number of carbonyl (C=O) groups is 1. The molecule has 1 aliphatic rings. The van der Waals surface area contributed by atoms with Crippen molar-refractivity contribution < 1.29 is 13.6 Å². The molecule has 3 heterocycles. The van der Waals surface area contributed by atoms with Gasteiger partial charge in [0.15, 0.2) is 0 Å². The van der Waals surface area contributed by atoms with Gasteiger partial charge in [0.2, 0.25) is 0 Å². The molecule has 2 aromatic heterocycles. The van der Waals surface area contributed by atoms with Gasteiger partial charge in [0.05, 0.1) is 22.5 Å². The maximum Gasteiger partial charge on any atom is 0.320 e. The largest absolute Gasteiger partial charge is 0.335 e. The van der Waals surface area contributed by atoms with Gasteiger partial charge in [-0.15, -0.1) is 11.3 Å². The molecule has 0 radical (unpaired) electrons. The molecule has 0 N–H and O–H groups in total. The van der Waals surface area contributed by atoms with Gasteiger partial charge in [0.25, 0.3) is 5.91 Å². The number of hydrogen-bond donors (Lipinski definition) is 0. The van der Waals surface area contributed by atoms with Crippen molar-refractivity contribution in [3.8, 4) is 0 Å². The van der Waals surface area contributed by atoms with Gasteiger partial charge in [0.1, 0.15) is 5.82 Å². The highest BCUT2D eigenvalue weighted by Crippen LogP contribution is 2.24. The van der Waals surface area contributed by atoms with E-state index in [1.165, 1.54) is 11.3 Å². The van der Waals surface area contributed by atoms with Crippen LogP contribution in [0.15, 0.2) is 41.8 Å². The number of benzene rings is 1. The van der Waals surface area contributed by atoms with Crippen LogP contribution in [-0.2, 0) is 6.54 Å². The van der Waals surface area contributed by atoms with Crippen molar-refractivity contribution in [1.82, 2.24) is 19.4 Å². The zero-order valence-electron chi connectivity index (χ0n) is 14.0. The molecule has 0 spiro atoms. The second-order valence-corrected chi connectivity index (χ2v) is 7.16. The van der Waals surface area contributed by atoms with Crippen LogP contribution in [0.5, 0.6) is 0 Å². The van der Waals surface area contributed by atoms with E-state index in [0.29, 0.717) is 49.6 Å². The fourth-order valence-corrected chi connectivity index (χ4v) is 3.98. The average Bonchev–Trinajstić information content (AvgIpc) is 3.29. The maximum atomic E-state index is 13.5. The van der Waals surface area contributed by atoms with Gasteiger partial charge in [-0.2, -0.15) is 8.78 Å². The van der Waals surface area contributed by atoms with E-state index in [9.17, 15) is 13.6 Å². The highest BCUT2D eigenvalue weighted by atomic mass is 32.1. The smallest absolute Gasteiger partial charge is 0.320 e. The van der Waals surface area contributed by atoms with Crippen molar-refractivity contribution in [3.05, 3.63) is 52.5 Å². The van der Waals surface area contributed by atoms with E-state index in [1.54, 1.807) is 24.3 Å². The predicted octanol–water partition coefficient (Wildman–Crippen LogP) is 3.45. The molecule has 1 aliphatic heterocycles. The molecule has 136 valence electrons. The van der Waals surface area contributed by atoms with E-state index in [4.69, 9.17) is 0 Å². The van der Waals surface area contributed by atoms with Crippen LogP contribution in [0.25, 0.3) is 11.0 Å². The SMILES string of the molecule is O=C(c1cccs1)N1CCN(Cc2nc3ccccc3n2C(F)F)CC1. The summed E-state index contributed by atoms with van der Waals surface area (Å²) in [5, 5.41) is 1.89. The lowest BCUT2D eigenvalue weighted by Gasteiger charge is -2.34. The summed E-state index contributed by atoms with van der Waals surface area (Å²) >= 11 is 1.43. The zero-order chi connectivity index (χ0) is 18.1. The summed E-state index contributed by atoms with van der Waals surface area (Å²) in [6, 6.07) is 10.6. The number of piperazine rings is 1. The van der Waals surface area contributed by atoms with Crippen molar-refractivity contribution in [1.29, 1.82) is 0 Å². The summed E-state index contributed by atoms with van der Waals surface area (Å²) in [6.45, 7) is 0.184. The van der Waals surface area contributed by atoms with Crippen LogP contribution in [0.4, 0.5) is 8.78 Å². The molecular weight excluding hydrogens is 358 g/mol. The number of aromatic nitrogens is 2. The molecule has 0 aliphatic carbocycles. The third-order valence-corrected chi connectivity index (χ3v) is 5.48. The quantitative estimate of drug-likeness (QED) is 0.700. The van der Waals surface area contributed by atoms with Crippen molar-refractivity contribution in [2.24, 2.45) is 0 Å². The number of thiophene rings is 1. The molecule has 1 amide bonds. The van der Waals surface area contributed by atoms with Gasteiger partial charge >= 0.3 is 6.55 Å². The first-order chi connectivity index (χ1) is 12.6. The van der Waals surface area contributed by atoms with Gasteiger partial charge in [-0.05, 0) is 23.6 Å². The van der Waals surface area contributed by atoms with E-state index in [1.807, 2.05) is 22.4 Å². The first kappa shape index (κ1) is 17.1. The summed E-state index contributed by atoms with van der Waals surface area (Å²) in [5.74, 6) is 0.402. The number of hydrogen-bond acceptors (Lipinski definition) is 4. The number of amides is 1. The second-order valence-electron chi connectivity index (χ2n) is 6.21. The molecule has 1 aromatic carbocycles. The third kappa shape index (κ3) is 3.22. The Morgan fingerprint density at radius 3 is 2.58 bits per heavy atom. The highest BCUT2D eigenvalue weighted by molar-refractivity contribution is 7.12. The van der Waals surface area contributed by atoms with Gasteiger partial charge in [-0.25, -0.2) is 4.98 Å². The van der Waals surface area contributed by atoms with Crippen molar-refractivity contribution in [2.45, 2.75) is 13.1 Å². The molecule has 0 bridgehead atoms. The van der Waals surface area contributed by atoms with Crippen LogP contribution in [0, 0.1) is 0 Å². The molecule has 5 nitrogen and oxygen atoms in total. The lowest BCUT2D eigenvalue weighted by Crippen LogP contribution is -2.48. The average molecular weight is 376 g/mol. The first-order valence-corrected chi connectivity index (χ1v) is 9.30. The molecule has 26 heavy (non-hydrogen) atoms. The van der Waals surface area contributed by atoms with Gasteiger partial charge < -0.3 is 4.90 Å². The molecule has 0 saturated carbocycles. The summed E-state index contributed by atoms with van der Waals surface area (Å²) in [7, 11) is 0. The highest BCUT2D eigenvalue weighted by Gasteiger charge is 2.25. The van der Waals surface area contributed by atoms with Crippen molar-refractivity contribution >= 4 is 28.3 Å². The summed E-state index contributed by atoms with van der Waals surface area (Å²) < 4.78 is 28.0. The van der Waals surface area contributed by atoms with Gasteiger partial charge in [-0.1, -0.05) is 18.2 Å². The zero-order valence-corrected chi connectivity index (χ0v) is 14.8. The van der Waals surface area contributed by atoms with Crippen molar-refractivity contribution in [3.63, 3.8) is 0 Å². The molecule has 1 fully saturated rings. The number of alkyl halides is 2. The van der Waals surface area contributed by atoms with E-state index >= 15 is 0 Å². The summed E-state index contributed by atoms with van der Waals surface area (Å²) in [4.78, 5) is 21.4. The van der Waals surface area contributed by atoms with E-state index in [-0.39, 0.29) is 5.91 Å². The minimum atomic E-state index is -2.63. The lowest BCUT2D eigenvalue weighted by atomic mass is 10.3. The number of para-hydroxylation sites is 2. The Balaban J connectivity index is 1.46. The number of carbonyl (C=O) groups excluding carboxylic acids is 1. The van der Waals surface area contributed by atoms with Crippen molar-refractivity contribution in [2.75, 3.05) is 26.2 Å². The van der Waals surface area contributed by atoms with E-state index in [2.05, 4.69) is 9.88 Å². The molecule has 1 saturated heterocycles. The van der Waals surface area contributed by atoms with E-state index in [0.717, 1.165) is 9.44 Å². The van der Waals surface area contributed by atoms with Gasteiger partial charge in [-0.3, -0.25) is 14.3 Å². The number of imidazole rings is 1. The summed E-state index contributed by atoms with van der Waals surface area (Å²) in [5.41, 5.74) is 1.03. The Morgan fingerprint density at radius 1 is 1.12 bits per heavy atom. The Hall–Kier alpha value is -2.32. The first-order valence-electron chi connectivity index (χ1n) is 8.42. The Morgan fingerprint density at radius 2 is 1.88 bits per heavy atom. The van der Waals surface area contributed by atoms with Crippen LogP contribution in [0.1, 0.15) is 22.0 Å². The molecule has 4 rings (SSSR count). The molecule has 3 aromatic rings. The summed E-state index contributed by atoms with van der Waals surface area (Å²) in [6.07, 6.45) is 0. The molecule has 0 unspecified atom stereocenters. The fourth-order valence-electron chi connectivity index (χ4n) is 3.29. The number of nitrogens with zero attached hydrogens (tertiary/aromatic N) is 4. The number of rotatable bonds is 4. The second kappa shape index (κ2) is 7.13.